The lowest BCUT2D eigenvalue weighted by molar-refractivity contribution is 0.141. The second-order valence-corrected chi connectivity index (χ2v) is 9.40. The van der Waals surface area contributed by atoms with Crippen molar-refractivity contribution in [3.8, 4) is 0 Å². The monoisotopic (exact) mass is 442 g/mol. The van der Waals surface area contributed by atoms with E-state index in [1.807, 2.05) is 35.0 Å². The number of aromatic nitrogens is 5. The molecule has 170 valence electrons. The Kier molecular flexibility index (Phi) is 5.81. The highest BCUT2D eigenvalue weighted by Gasteiger charge is 2.32. The molecule has 3 heterocycles. The number of fused-ring (bicyclic) bond motifs is 1. The van der Waals surface area contributed by atoms with Crippen molar-refractivity contribution in [2.24, 2.45) is 5.92 Å². The van der Waals surface area contributed by atoms with Crippen molar-refractivity contribution in [2.75, 3.05) is 13.1 Å². The number of H-pyrrole nitrogens is 1. The van der Waals surface area contributed by atoms with Gasteiger partial charge in [-0.3, -0.25) is 9.69 Å². The van der Waals surface area contributed by atoms with E-state index in [1.165, 1.54) is 17.5 Å². The van der Waals surface area contributed by atoms with Crippen LogP contribution in [-0.4, -0.2) is 43.2 Å². The van der Waals surface area contributed by atoms with Crippen molar-refractivity contribution in [1.29, 1.82) is 0 Å². The molecule has 4 aromatic rings. The summed E-state index contributed by atoms with van der Waals surface area (Å²) in [6.07, 6.45) is 2.30. The van der Waals surface area contributed by atoms with Crippen LogP contribution in [0.3, 0.4) is 0 Å². The van der Waals surface area contributed by atoms with Gasteiger partial charge in [0.1, 0.15) is 6.04 Å². The van der Waals surface area contributed by atoms with E-state index < -0.39 is 0 Å². The van der Waals surface area contributed by atoms with Crippen molar-refractivity contribution in [1.82, 2.24) is 30.1 Å². The second-order valence-electron chi connectivity index (χ2n) is 9.40. The lowest BCUT2D eigenvalue weighted by Crippen LogP contribution is -2.41. The topological polar surface area (TPSA) is 79.7 Å². The van der Waals surface area contributed by atoms with Gasteiger partial charge in [0.15, 0.2) is 5.82 Å². The van der Waals surface area contributed by atoms with Gasteiger partial charge in [-0.05, 0) is 89.9 Å². The number of aryl methyl sites for hydroxylation is 2. The van der Waals surface area contributed by atoms with E-state index in [2.05, 4.69) is 64.4 Å². The molecule has 33 heavy (non-hydrogen) atoms. The van der Waals surface area contributed by atoms with Crippen LogP contribution in [-0.2, 0) is 6.54 Å². The predicted octanol–water partition coefficient (Wildman–Crippen LogP) is 4.00. The summed E-state index contributed by atoms with van der Waals surface area (Å²) in [6.45, 7) is 8.82. The van der Waals surface area contributed by atoms with Crippen molar-refractivity contribution in [3.05, 3.63) is 87.0 Å². The normalized spacial score (nSPS) is 18.0. The van der Waals surface area contributed by atoms with Crippen LogP contribution in [0.25, 0.3) is 10.9 Å². The van der Waals surface area contributed by atoms with E-state index in [0.29, 0.717) is 23.9 Å². The van der Waals surface area contributed by atoms with Gasteiger partial charge in [0, 0.05) is 17.6 Å². The zero-order valence-electron chi connectivity index (χ0n) is 19.5. The van der Waals surface area contributed by atoms with Crippen LogP contribution in [0.1, 0.15) is 53.9 Å². The Morgan fingerprint density at radius 2 is 1.91 bits per heavy atom. The highest BCUT2D eigenvalue weighted by Crippen LogP contribution is 2.31. The number of hydrogen-bond donors (Lipinski definition) is 1. The minimum atomic E-state index is -0.304. The maximum absolute atomic E-state index is 13.4. The molecule has 1 N–H and O–H groups in total. The molecule has 0 spiro atoms. The highest BCUT2D eigenvalue weighted by atomic mass is 16.1. The number of pyridine rings is 1. The molecule has 5 rings (SSSR count). The van der Waals surface area contributed by atoms with Gasteiger partial charge in [-0.2, -0.15) is 0 Å². The average Bonchev–Trinajstić information content (AvgIpc) is 3.24. The van der Waals surface area contributed by atoms with Gasteiger partial charge in [0.25, 0.3) is 5.56 Å². The fourth-order valence-corrected chi connectivity index (χ4v) is 4.93. The molecular weight excluding hydrogens is 412 g/mol. The minimum Gasteiger partial charge on any atom is -0.322 e. The molecular formula is C26H30N6O. The fraction of sp³-hybridized carbons (Fsp3) is 0.385. The third-order valence-electron chi connectivity index (χ3n) is 6.81. The molecule has 0 aliphatic carbocycles. The van der Waals surface area contributed by atoms with Crippen LogP contribution in [0.4, 0.5) is 0 Å². The van der Waals surface area contributed by atoms with Crippen LogP contribution < -0.4 is 5.56 Å². The minimum absolute atomic E-state index is 0.0803. The van der Waals surface area contributed by atoms with Crippen molar-refractivity contribution in [3.63, 3.8) is 0 Å². The van der Waals surface area contributed by atoms with Gasteiger partial charge in [-0.25, -0.2) is 4.68 Å². The number of aromatic amines is 1. The third kappa shape index (κ3) is 4.33. The molecule has 2 unspecified atom stereocenters. The highest BCUT2D eigenvalue weighted by molar-refractivity contribution is 5.81. The summed E-state index contributed by atoms with van der Waals surface area (Å²) < 4.78 is 1.84. The SMILES string of the molecule is Cc1cc2cc(C(c3nnnn3Cc3ccccc3)N3CCCC(C)C3)c(=O)[nH]c2cc1C. The molecule has 7 heteroatoms. The van der Waals surface area contributed by atoms with Gasteiger partial charge >= 0.3 is 0 Å². The quantitative estimate of drug-likeness (QED) is 0.505. The van der Waals surface area contributed by atoms with Gasteiger partial charge in [0.2, 0.25) is 0 Å². The second kappa shape index (κ2) is 8.90. The summed E-state index contributed by atoms with van der Waals surface area (Å²) in [5.74, 6) is 1.27. The van der Waals surface area contributed by atoms with Crippen molar-refractivity contribution >= 4 is 10.9 Å². The fourth-order valence-electron chi connectivity index (χ4n) is 4.93. The number of benzene rings is 2. The Morgan fingerprint density at radius 1 is 1.12 bits per heavy atom. The van der Waals surface area contributed by atoms with Crippen LogP contribution >= 0.6 is 0 Å². The molecule has 2 atom stereocenters. The zero-order chi connectivity index (χ0) is 22.9. The van der Waals surface area contributed by atoms with Crippen LogP contribution in [0.2, 0.25) is 0 Å². The van der Waals surface area contributed by atoms with E-state index in [0.717, 1.165) is 36.0 Å². The first kappa shape index (κ1) is 21.5. The number of likely N-dealkylation sites (tertiary alicyclic amines) is 1. The number of nitrogens with one attached hydrogen (secondary N) is 1. The number of nitrogens with zero attached hydrogens (tertiary/aromatic N) is 5. The van der Waals surface area contributed by atoms with Crippen molar-refractivity contribution < 1.29 is 0 Å². The van der Waals surface area contributed by atoms with Crippen LogP contribution in [0, 0.1) is 19.8 Å². The maximum Gasteiger partial charge on any atom is 0.253 e. The Bertz CT molecular complexity index is 1330. The van der Waals surface area contributed by atoms with E-state index in [9.17, 15) is 4.79 Å². The van der Waals surface area contributed by atoms with E-state index in [-0.39, 0.29) is 11.6 Å². The Balaban J connectivity index is 1.64. The van der Waals surface area contributed by atoms with Gasteiger partial charge in [-0.1, -0.05) is 37.3 Å². The third-order valence-corrected chi connectivity index (χ3v) is 6.81. The van der Waals surface area contributed by atoms with Crippen LogP contribution in [0.5, 0.6) is 0 Å². The Labute approximate surface area is 193 Å². The van der Waals surface area contributed by atoms with E-state index in [1.54, 1.807) is 0 Å². The summed E-state index contributed by atoms with van der Waals surface area (Å²) in [4.78, 5) is 18.9. The lowest BCUT2D eigenvalue weighted by atomic mass is 9.95. The number of piperidine rings is 1. The molecule has 0 bridgehead atoms. The molecule has 0 radical (unpaired) electrons. The molecule has 1 fully saturated rings. The Morgan fingerprint density at radius 3 is 2.70 bits per heavy atom. The lowest BCUT2D eigenvalue weighted by Gasteiger charge is -2.36. The largest absolute Gasteiger partial charge is 0.322 e. The molecule has 0 amide bonds. The molecule has 7 nitrogen and oxygen atoms in total. The zero-order valence-corrected chi connectivity index (χ0v) is 19.5. The van der Waals surface area contributed by atoms with E-state index in [4.69, 9.17) is 0 Å². The molecule has 0 saturated carbocycles. The summed E-state index contributed by atoms with van der Waals surface area (Å²) >= 11 is 0. The average molecular weight is 443 g/mol. The Hall–Kier alpha value is -3.32. The molecule has 1 saturated heterocycles. The standard InChI is InChI=1S/C26H30N6O/c1-17-8-7-11-31(15-17)24(25-28-29-30-32(25)16-20-9-5-4-6-10-20)22-14-21-12-18(2)19(3)13-23(21)27-26(22)33/h4-6,9-10,12-14,17,24H,7-8,11,15-16H2,1-3H3,(H,27,33). The van der Waals surface area contributed by atoms with Gasteiger partial charge in [-0.15, -0.1) is 5.10 Å². The molecule has 1 aliphatic heterocycles. The number of tetrazole rings is 1. The first-order valence-electron chi connectivity index (χ1n) is 11.7. The van der Waals surface area contributed by atoms with Crippen LogP contribution in [0.15, 0.2) is 53.3 Å². The van der Waals surface area contributed by atoms with E-state index >= 15 is 0 Å². The first-order chi connectivity index (χ1) is 16.0. The van der Waals surface area contributed by atoms with Gasteiger partial charge < -0.3 is 4.98 Å². The molecule has 2 aromatic carbocycles. The summed E-state index contributed by atoms with van der Waals surface area (Å²) in [6, 6.07) is 16.1. The number of hydrogen-bond acceptors (Lipinski definition) is 5. The predicted molar refractivity (Wildman–Crippen MR) is 129 cm³/mol. The number of rotatable bonds is 5. The molecule has 2 aromatic heterocycles. The first-order valence-corrected chi connectivity index (χ1v) is 11.7. The summed E-state index contributed by atoms with van der Waals surface area (Å²) in [5, 5.41) is 13.8. The summed E-state index contributed by atoms with van der Waals surface area (Å²) in [7, 11) is 0. The summed E-state index contributed by atoms with van der Waals surface area (Å²) in [5.41, 5.74) is 4.97. The van der Waals surface area contributed by atoms with Gasteiger partial charge in [0.05, 0.1) is 6.54 Å². The maximum atomic E-state index is 13.4. The molecule has 1 aliphatic rings. The van der Waals surface area contributed by atoms with Crippen molar-refractivity contribution in [2.45, 2.75) is 46.2 Å². The smallest absolute Gasteiger partial charge is 0.253 e.